The van der Waals surface area contributed by atoms with Crippen LogP contribution in [0, 0.1) is 11.3 Å². The fraction of sp³-hybridized carbons (Fsp3) is 0.235. The highest BCUT2D eigenvalue weighted by Crippen LogP contribution is 2.12. The maximum atomic E-state index is 9.17. The lowest BCUT2D eigenvalue weighted by atomic mass is 10.1. The van der Waals surface area contributed by atoms with Crippen LogP contribution in [0.15, 0.2) is 60.7 Å². The van der Waals surface area contributed by atoms with Crippen LogP contribution < -0.4 is 0 Å². The van der Waals surface area contributed by atoms with Gasteiger partial charge in [-0.25, -0.2) is 0 Å². The summed E-state index contributed by atoms with van der Waals surface area (Å²) in [6.45, 7) is 3.54. The van der Waals surface area contributed by atoms with Crippen LogP contribution in [0.2, 0.25) is 0 Å². The molecule has 0 spiro atoms. The van der Waals surface area contributed by atoms with E-state index in [1.807, 2.05) is 43.3 Å². The van der Waals surface area contributed by atoms with E-state index in [1.165, 1.54) is 11.1 Å². The Morgan fingerprint density at radius 3 is 1.68 bits per heavy atom. The molecule has 2 rings (SSSR count). The molecule has 0 aromatic heterocycles. The number of hydrogen-bond donors (Lipinski definition) is 0. The Hall–Kier alpha value is -2.11. The van der Waals surface area contributed by atoms with Gasteiger partial charge in [-0.3, -0.25) is 4.90 Å². The zero-order valence-corrected chi connectivity index (χ0v) is 11.2. The highest BCUT2D eigenvalue weighted by atomic mass is 15.1. The molecule has 2 aromatic carbocycles. The third-order valence-electron chi connectivity index (χ3n) is 3.19. The van der Waals surface area contributed by atoms with Gasteiger partial charge in [0.05, 0.1) is 12.1 Å². The molecule has 0 amide bonds. The molecule has 0 radical (unpaired) electrons. The smallest absolute Gasteiger partial charge is 0.0955 e. The molecule has 0 saturated heterocycles. The van der Waals surface area contributed by atoms with Crippen molar-refractivity contribution in [1.29, 1.82) is 5.26 Å². The van der Waals surface area contributed by atoms with Crippen LogP contribution in [0.1, 0.15) is 18.1 Å². The van der Waals surface area contributed by atoms with Gasteiger partial charge in [-0.1, -0.05) is 60.7 Å². The first-order valence-corrected chi connectivity index (χ1v) is 6.51. The molecule has 0 fully saturated rings. The highest BCUT2D eigenvalue weighted by molar-refractivity contribution is 5.17. The summed E-state index contributed by atoms with van der Waals surface area (Å²) in [5.41, 5.74) is 2.47. The van der Waals surface area contributed by atoms with E-state index in [2.05, 4.69) is 35.2 Å². The quantitative estimate of drug-likeness (QED) is 0.810. The minimum atomic E-state index is -0.0968. The zero-order chi connectivity index (χ0) is 13.5. The SMILES string of the molecule is CC(C#N)N(Cc1ccccc1)Cc1ccccc1. The third kappa shape index (κ3) is 3.94. The molecule has 0 bridgehead atoms. The zero-order valence-electron chi connectivity index (χ0n) is 11.2. The standard InChI is InChI=1S/C17H18N2/c1-15(12-18)19(13-16-8-4-2-5-9-16)14-17-10-6-3-7-11-17/h2-11,15H,13-14H2,1H3. The lowest BCUT2D eigenvalue weighted by molar-refractivity contribution is 0.228. The summed E-state index contributed by atoms with van der Waals surface area (Å²) in [4.78, 5) is 2.19. The number of nitrogens with zero attached hydrogens (tertiary/aromatic N) is 2. The van der Waals surface area contributed by atoms with Crippen molar-refractivity contribution in [1.82, 2.24) is 4.90 Å². The van der Waals surface area contributed by atoms with Crippen molar-refractivity contribution in [3.8, 4) is 6.07 Å². The minimum absolute atomic E-state index is 0.0968. The van der Waals surface area contributed by atoms with Crippen LogP contribution in [0.3, 0.4) is 0 Å². The summed E-state index contributed by atoms with van der Waals surface area (Å²) in [5, 5.41) is 9.17. The molecule has 0 aliphatic carbocycles. The molecule has 0 aliphatic rings. The van der Waals surface area contributed by atoms with Crippen molar-refractivity contribution in [3.63, 3.8) is 0 Å². The van der Waals surface area contributed by atoms with Crippen LogP contribution in [-0.4, -0.2) is 10.9 Å². The molecule has 1 atom stereocenters. The van der Waals surface area contributed by atoms with E-state index in [-0.39, 0.29) is 6.04 Å². The molecule has 2 nitrogen and oxygen atoms in total. The van der Waals surface area contributed by atoms with Gasteiger partial charge in [0.2, 0.25) is 0 Å². The number of nitriles is 1. The predicted octanol–water partition coefficient (Wildman–Crippen LogP) is 3.60. The highest BCUT2D eigenvalue weighted by Gasteiger charge is 2.13. The van der Waals surface area contributed by atoms with E-state index >= 15 is 0 Å². The average Bonchev–Trinajstić information content (AvgIpc) is 2.48. The lowest BCUT2D eigenvalue weighted by Crippen LogP contribution is -2.30. The maximum absolute atomic E-state index is 9.17. The molecule has 0 saturated carbocycles. The normalized spacial score (nSPS) is 12.1. The molecule has 0 heterocycles. The van der Waals surface area contributed by atoms with Crippen LogP contribution in [0.25, 0.3) is 0 Å². The summed E-state index contributed by atoms with van der Waals surface area (Å²) in [5.74, 6) is 0. The monoisotopic (exact) mass is 250 g/mol. The Labute approximate surface area is 114 Å². The van der Waals surface area contributed by atoms with Gasteiger partial charge >= 0.3 is 0 Å². The fourth-order valence-electron chi connectivity index (χ4n) is 2.05. The van der Waals surface area contributed by atoms with Crippen LogP contribution >= 0.6 is 0 Å². The van der Waals surface area contributed by atoms with Gasteiger partial charge in [0.15, 0.2) is 0 Å². The van der Waals surface area contributed by atoms with E-state index in [4.69, 9.17) is 5.26 Å². The summed E-state index contributed by atoms with van der Waals surface area (Å²) in [7, 11) is 0. The third-order valence-corrected chi connectivity index (χ3v) is 3.19. The van der Waals surface area contributed by atoms with E-state index in [9.17, 15) is 0 Å². The van der Waals surface area contributed by atoms with Gasteiger partial charge in [0.1, 0.15) is 0 Å². The first kappa shape index (κ1) is 13.3. The first-order valence-electron chi connectivity index (χ1n) is 6.51. The summed E-state index contributed by atoms with van der Waals surface area (Å²) < 4.78 is 0. The van der Waals surface area contributed by atoms with Gasteiger partial charge in [0.25, 0.3) is 0 Å². The average molecular weight is 250 g/mol. The van der Waals surface area contributed by atoms with E-state index < -0.39 is 0 Å². The van der Waals surface area contributed by atoms with Crippen molar-refractivity contribution < 1.29 is 0 Å². The molecular weight excluding hydrogens is 232 g/mol. The Morgan fingerprint density at radius 2 is 1.32 bits per heavy atom. The van der Waals surface area contributed by atoms with E-state index in [1.54, 1.807) is 0 Å². The molecule has 19 heavy (non-hydrogen) atoms. The Bertz CT molecular complexity index is 487. The summed E-state index contributed by atoms with van der Waals surface area (Å²) in [6.07, 6.45) is 0. The van der Waals surface area contributed by atoms with Crippen LogP contribution in [-0.2, 0) is 13.1 Å². The van der Waals surface area contributed by atoms with Gasteiger partial charge in [0, 0.05) is 13.1 Å². The molecule has 1 unspecified atom stereocenters. The Morgan fingerprint density at radius 1 is 0.895 bits per heavy atom. The van der Waals surface area contributed by atoms with E-state index in [0.717, 1.165) is 13.1 Å². The van der Waals surface area contributed by atoms with Gasteiger partial charge in [-0.05, 0) is 18.1 Å². The van der Waals surface area contributed by atoms with Crippen molar-refractivity contribution in [2.45, 2.75) is 26.1 Å². The maximum Gasteiger partial charge on any atom is 0.0955 e. The van der Waals surface area contributed by atoms with E-state index in [0.29, 0.717) is 0 Å². The minimum Gasteiger partial charge on any atom is -0.280 e. The summed E-state index contributed by atoms with van der Waals surface area (Å²) in [6, 6.07) is 22.8. The van der Waals surface area contributed by atoms with Gasteiger partial charge in [-0.15, -0.1) is 0 Å². The molecule has 0 aliphatic heterocycles. The topological polar surface area (TPSA) is 27.0 Å². The predicted molar refractivity (Wildman–Crippen MR) is 77.2 cm³/mol. The van der Waals surface area contributed by atoms with Crippen molar-refractivity contribution in [2.24, 2.45) is 0 Å². The molecule has 0 N–H and O–H groups in total. The van der Waals surface area contributed by atoms with Gasteiger partial charge < -0.3 is 0 Å². The van der Waals surface area contributed by atoms with Crippen LogP contribution in [0.5, 0.6) is 0 Å². The van der Waals surface area contributed by atoms with Crippen LogP contribution in [0.4, 0.5) is 0 Å². The van der Waals surface area contributed by atoms with Crippen molar-refractivity contribution in [2.75, 3.05) is 0 Å². The second-order valence-corrected chi connectivity index (χ2v) is 4.68. The Balaban J connectivity index is 2.11. The van der Waals surface area contributed by atoms with Crippen molar-refractivity contribution in [3.05, 3.63) is 71.8 Å². The molecular formula is C17H18N2. The number of hydrogen-bond acceptors (Lipinski definition) is 2. The molecule has 2 aromatic rings. The molecule has 2 heteroatoms. The lowest BCUT2D eigenvalue weighted by Gasteiger charge is -2.24. The second kappa shape index (κ2) is 6.72. The summed E-state index contributed by atoms with van der Waals surface area (Å²) >= 11 is 0. The van der Waals surface area contributed by atoms with Crippen molar-refractivity contribution >= 4 is 0 Å². The largest absolute Gasteiger partial charge is 0.280 e. The number of benzene rings is 2. The Kier molecular flexibility index (Phi) is 4.72. The fourth-order valence-corrected chi connectivity index (χ4v) is 2.05. The second-order valence-electron chi connectivity index (χ2n) is 4.68. The first-order chi connectivity index (χ1) is 9.29. The molecule has 96 valence electrons. The number of rotatable bonds is 5. The van der Waals surface area contributed by atoms with Gasteiger partial charge in [-0.2, -0.15) is 5.26 Å².